The Morgan fingerprint density at radius 2 is 2.35 bits per heavy atom. The van der Waals surface area contributed by atoms with Gasteiger partial charge in [-0.05, 0) is 18.1 Å². The second-order valence-electron chi connectivity index (χ2n) is 4.21. The van der Waals surface area contributed by atoms with Gasteiger partial charge in [-0.15, -0.1) is 0 Å². The van der Waals surface area contributed by atoms with Crippen molar-refractivity contribution in [2.75, 3.05) is 13.1 Å². The Hall–Kier alpha value is -0.980. The molecule has 0 aromatic heterocycles. The summed E-state index contributed by atoms with van der Waals surface area (Å²) in [4.78, 5) is 12.3. The van der Waals surface area contributed by atoms with Crippen molar-refractivity contribution in [1.82, 2.24) is 4.90 Å². The Kier molecular flexibility index (Phi) is 3.76. The van der Waals surface area contributed by atoms with E-state index in [1.165, 1.54) is 12.1 Å². The Labute approximate surface area is 107 Å². The Bertz CT molecular complexity index is 439. The number of nitro groups is 1. The van der Waals surface area contributed by atoms with Crippen LogP contribution in [0.2, 0.25) is 0 Å². The summed E-state index contributed by atoms with van der Waals surface area (Å²) in [7, 11) is 0. The van der Waals surface area contributed by atoms with Crippen LogP contribution in [0.5, 0.6) is 0 Å². The lowest BCUT2D eigenvalue weighted by Gasteiger charge is -2.15. The van der Waals surface area contributed by atoms with Gasteiger partial charge in [-0.1, -0.05) is 15.9 Å². The maximum atomic E-state index is 10.6. The molecule has 1 N–H and O–H groups in total. The fourth-order valence-electron chi connectivity index (χ4n) is 1.97. The molecule has 1 atom stereocenters. The first-order valence-electron chi connectivity index (χ1n) is 5.39. The van der Waals surface area contributed by atoms with E-state index in [1.54, 1.807) is 6.07 Å². The van der Waals surface area contributed by atoms with Crippen LogP contribution in [0.3, 0.4) is 0 Å². The SMILES string of the molecule is O=[N+]([O-])c1ccc(CN2CCC(O)C2)c(Br)c1. The fourth-order valence-corrected chi connectivity index (χ4v) is 2.47. The minimum absolute atomic E-state index is 0.0853. The zero-order chi connectivity index (χ0) is 12.4. The van der Waals surface area contributed by atoms with Crippen molar-refractivity contribution in [3.63, 3.8) is 0 Å². The monoisotopic (exact) mass is 300 g/mol. The van der Waals surface area contributed by atoms with Gasteiger partial charge in [-0.3, -0.25) is 15.0 Å². The lowest BCUT2D eigenvalue weighted by molar-refractivity contribution is -0.384. The van der Waals surface area contributed by atoms with E-state index in [4.69, 9.17) is 0 Å². The second kappa shape index (κ2) is 5.12. The molecule has 1 aliphatic heterocycles. The van der Waals surface area contributed by atoms with Crippen LogP contribution in [0.25, 0.3) is 0 Å². The van der Waals surface area contributed by atoms with Gasteiger partial charge in [0, 0.05) is 36.2 Å². The minimum Gasteiger partial charge on any atom is -0.392 e. The van der Waals surface area contributed by atoms with Gasteiger partial charge in [0.1, 0.15) is 0 Å². The average Bonchev–Trinajstić information content (AvgIpc) is 2.67. The molecule has 0 aliphatic carbocycles. The van der Waals surface area contributed by atoms with Gasteiger partial charge in [-0.25, -0.2) is 0 Å². The molecule has 1 aromatic carbocycles. The first-order chi connectivity index (χ1) is 8.06. The van der Waals surface area contributed by atoms with E-state index in [9.17, 15) is 15.2 Å². The third-order valence-electron chi connectivity index (χ3n) is 2.89. The van der Waals surface area contributed by atoms with E-state index < -0.39 is 4.92 Å². The van der Waals surface area contributed by atoms with Crippen LogP contribution < -0.4 is 0 Å². The summed E-state index contributed by atoms with van der Waals surface area (Å²) in [6.07, 6.45) is 0.553. The van der Waals surface area contributed by atoms with E-state index in [2.05, 4.69) is 20.8 Å². The third kappa shape index (κ3) is 3.02. The number of β-amino-alcohol motifs (C(OH)–C–C–N with tert-alkyl or cyclic N) is 1. The highest BCUT2D eigenvalue weighted by Crippen LogP contribution is 2.25. The van der Waals surface area contributed by atoms with E-state index in [-0.39, 0.29) is 11.8 Å². The Balaban J connectivity index is 2.09. The smallest absolute Gasteiger partial charge is 0.270 e. The molecule has 1 saturated heterocycles. The van der Waals surface area contributed by atoms with Crippen molar-refractivity contribution < 1.29 is 10.0 Å². The molecule has 92 valence electrons. The topological polar surface area (TPSA) is 66.6 Å². The lowest BCUT2D eigenvalue weighted by Crippen LogP contribution is -2.21. The molecule has 17 heavy (non-hydrogen) atoms. The first-order valence-corrected chi connectivity index (χ1v) is 6.19. The van der Waals surface area contributed by atoms with Gasteiger partial charge >= 0.3 is 0 Å². The van der Waals surface area contributed by atoms with Gasteiger partial charge in [0.15, 0.2) is 0 Å². The zero-order valence-corrected chi connectivity index (χ0v) is 10.8. The van der Waals surface area contributed by atoms with Crippen molar-refractivity contribution >= 4 is 21.6 Å². The second-order valence-corrected chi connectivity index (χ2v) is 5.06. The van der Waals surface area contributed by atoms with Crippen LogP contribution in [0, 0.1) is 10.1 Å². The van der Waals surface area contributed by atoms with Crippen LogP contribution in [0.1, 0.15) is 12.0 Å². The highest BCUT2D eigenvalue weighted by Gasteiger charge is 2.21. The molecule has 6 heteroatoms. The number of likely N-dealkylation sites (tertiary alicyclic amines) is 1. The molecule has 1 unspecified atom stereocenters. The third-order valence-corrected chi connectivity index (χ3v) is 3.63. The van der Waals surface area contributed by atoms with Crippen molar-refractivity contribution in [2.24, 2.45) is 0 Å². The lowest BCUT2D eigenvalue weighted by atomic mass is 10.2. The predicted molar refractivity (Wildman–Crippen MR) is 66.7 cm³/mol. The molecule has 1 heterocycles. The number of non-ortho nitro benzene ring substituents is 1. The summed E-state index contributed by atoms with van der Waals surface area (Å²) in [5.41, 5.74) is 1.09. The molecule has 0 saturated carbocycles. The Morgan fingerprint density at radius 3 is 2.88 bits per heavy atom. The summed E-state index contributed by atoms with van der Waals surface area (Å²) in [6, 6.07) is 4.78. The predicted octanol–water partition coefficient (Wildman–Crippen LogP) is 1.92. The summed E-state index contributed by atoms with van der Waals surface area (Å²) in [6.45, 7) is 2.24. The fraction of sp³-hybridized carbons (Fsp3) is 0.455. The zero-order valence-electron chi connectivity index (χ0n) is 9.17. The van der Waals surface area contributed by atoms with E-state index in [0.29, 0.717) is 13.1 Å². The van der Waals surface area contributed by atoms with Crippen LogP contribution in [-0.2, 0) is 6.54 Å². The molecule has 0 bridgehead atoms. The summed E-state index contributed by atoms with van der Waals surface area (Å²) in [5, 5.41) is 20.0. The van der Waals surface area contributed by atoms with Crippen LogP contribution in [-0.4, -0.2) is 34.1 Å². The molecule has 1 aromatic rings. The standard InChI is InChI=1S/C11H13BrN2O3/c12-11-5-9(14(16)17)2-1-8(11)6-13-4-3-10(15)7-13/h1-2,5,10,15H,3-4,6-7H2. The molecular weight excluding hydrogens is 288 g/mol. The van der Waals surface area contributed by atoms with Crippen LogP contribution in [0.4, 0.5) is 5.69 Å². The molecule has 0 radical (unpaired) electrons. The molecular formula is C11H13BrN2O3. The number of nitrogens with zero attached hydrogens (tertiary/aromatic N) is 2. The summed E-state index contributed by atoms with van der Waals surface area (Å²) >= 11 is 3.34. The normalized spacial score (nSPS) is 20.7. The summed E-state index contributed by atoms with van der Waals surface area (Å²) < 4.78 is 0.744. The van der Waals surface area contributed by atoms with Gasteiger partial charge in [0.2, 0.25) is 0 Å². The highest BCUT2D eigenvalue weighted by molar-refractivity contribution is 9.10. The molecule has 1 aliphatic rings. The van der Waals surface area contributed by atoms with Gasteiger partial charge < -0.3 is 5.11 Å². The van der Waals surface area contributed by atoms with Gasteiger partial charge in [0.25, 0.3) is 5.69 Å². The average molecular weight is 301 g/mol. The van der Waals surface area contributed by atoms with Crippen molar-refractivity contribution in [3.05, 3.63) is 38.3 Å². The van der Waals surface area contributed by atoms with E-state index in [1.807, 2.05) is 0 Å². The van der Waals surface area contributed by atoms with Crippen molar-refractivity contribution in [2.45, 2.75) is 19.1 Å². The number of halogens is 1. The molecule has 5 nitrogen and oxygen atoms in total. The molecule has 2 rings (SSSR count). The van der Waals surface area contributed by atoms with Crippen LogP contribution in [0.15, 0.2) is 22.7 Å². The number of rotatable bonds is 3. The summed E-state index contributed by atoms with van der Waals surface area (Å²) in [5.74, 6) is 0. The van der Waals surface area contributed by atoms with E-state index >= 15 is 0 Å². The maximum absolute atomic E-state index is 10.6. The minimum atomic E-state index is -0.409. The quantitative estimate of drug-likeness (QED) is 0.684. The van der Waals surface area contributed by atoms with E-state index in [0.717, 1.165) is 23.0 Å². The molecule has 0 amide bonds. The number of hydrogen-bond acceptors (Lipinski definition) is 4. The largest absolute Gasteiger partial charge is 0.392 e. The maximum Gasteiger partial charge on any atom is 0.270 e. The van der Waals surface area contributed by atoms with Crippen LogP contribution >= 0.6 is 15.9 Å². The number of benzene rings is 1. The highest BCUT2D eigenvalue weighted by atomic mass is 79.9. The number of aliphatic hydroxyl groups is 1. The Morgan fingerprint density at radius 1 is 1.59 bits per heavy atom. The van der Waals surface area contributed by atoms with Crippen molar-refractivity contribution in [1.29, 1.82) is 0 Å². The first kappa shape index (κ1) is 12.5. The number of aliphatic hydroxyl groups excluding tert-OH is 1. The van der Waals surface area contributed by atoms with Crippen molar-refractivity contribution in [3.8, 4) is 0 Å². The van der Waals surface area contributed by atoms with Gasteiger partial charge in [-0.2, -0.15) is 0 Å². The van der Waals surface area contributed by atoms with Gasteiger partial charge in [0.05, 0.1) is 11.0 Å². The molecule has 0 spiro atoms. The number of nitro benzene ring substituents is 1. The molecule has 1 fully saturated rings. The number of hydrogen-bond donors (Lipinski definition) is 1.